The Morgan fingerprint density at radius 1 is 1.28 bits per heavy atom. The van der Waals surface area contributed by atoms with Crippen molar-refractivity contribution in [1.29, 1.82) is 5.26 Å². The van der Waals surface area contributed by atoms with E-state index in [1.807, 2.05) is 6.07 Å². The summed E-state index contributed by atoms with van der Waals surface area (Å²) in [6, 6.07) is 10.1. The molecule has 3 rings (SSSR count). The summed E-state index contributed by atoms with van der Waals surface area (Å²) in [6.45, 7) is 14.4. The van der Waals surface area contributed by atoms with Crippen LogP contribution in [0, 0.1) is 16.7 Å². The van der Waals surface area contributed by atoms with Crippen LogP contribution in [0.2, 0.25) is 13.1 Å². The summed E-state index contributed by atoms with van der Waals surface area (Å²) in [6.07, 6.45) is 1.45. The lowest BCUT2D eigenvalue weighted by molar-refractivity contribution is -0.0643. The Labute approximate surface area is 192 Å². The maximum Gasteiger partial charge on any atom is 0.251 e. The van der Waals surface area contributed by atoms with Gasteiger partial charge in [-0.2, -0.15) is 5.26 Å². The molecule has 7 heteroatoms. The van der Waals surface area contributed by atoms with Crippen molar-refractivity contribution in [2.75, 3.05) is 0 Å². The Hall–Kier alpha value is -2.40. The Morgan fingerprint density at radius 2 is 1.97 bits per heavy atom. The summed E-state index contributed by atoms with van der Waals surface area (Å²) < 4.78 is 13.8. The molecule has 0 radical (unpaired) electrons. The fourth-order valence-corrected chi connectivity index (χ4v) is 5.29. The van der Waals surface area contributed by atoms with E-state index in [0.717, 1.165) is 5.56 Å². The van der Waals surface area contributed by atoms with Gasteiger partial charge in [0.15, 0.2) is 9.04 Å². The van der Waals surface area contributed by atoms with Crippen molar-refractivity contribution < 1.29 is 14.3 Å². The summed E-state index contributed by atoms with van der Waals surface area (Å²) in [5.41, 5.74) is 0.862. The number of aromatic nitrogens is 1. The number of ether oxygens (including phenoxy) is 1. The number of nitrogens with zero attached hydrogens (tertiary/aromatic N) is 2. The van der Waals surface area contributed by atoms with Gasteiger partial charge in [-0.25, -0.2) is 0 Å². The highest BCUT2D eigenvalue weighted by atomic mass is 28.3. The van der Waals surface area contributed by atoms with Crippen molar-refractivity contribution in [3.05, 3.63) is 63.6 Å². The highest BCUT2D eigenvalue weighted by molar-refractivity contribution is 6.48. The SMILES string of the molecule is C[SiH](C)OC(Cc1ccn([C@@H]2c3cc(C#N)ccc3OC(C)(C)[C@H]2O)c(=O)c1)C(C)(C)C. The summed E-state index contributed by atoms with van der Waals surface area (Å²) in [5.74, 6) is 0.573. The molecule has 172 valence electrons. The predicted octanol–water partition coefficient (Wildman–Crippen LogP) is 3.80. The largest absolute Gasteiger partial charge is 0.485 e. The van der Waals surface area contributed by atoms with E-state index in [1.165, 1.54) is 0 Å². The molecular formula is C25H34N2O4Si. The first-order chi connectivity index (χ1) is 14.8. The molecule has 0 aliphatic carbocycles. The van der Waals surface area contributed by atoms with Crippen molar-refractivity contribution in [2.45, 2.75) is 78.0 Å². The number of aliphatic hydroxyl groups is 1. The summed E-state index contributed by atoms with van der Waals surface area (Å²) in [4.78, 5) is 13.2. The van der Waals surface area contributed by atoms with Crippen LogP contribution >= 0.6 is 0 Å². The van der Waals surface area contributed by atoms with Crippen molar-refractivity contribution in [1.82, 2.24) is 4.57 Å². The van der Waals surface area contributed by atoms with Gasteiger partial charge in [0.2, 0.25) is 0 Å². The second kappa shape index (κ2) is 8.85. The van der Waals surface area contributed by atoms with Crippen LogP contribution in [-0.4, -0.2) is 36.5 Å². The van der Waals surface area contributed by atoms with Crippen LogP contribution in [-0.2, 0) is 10.8 Å². The maximum absolute atomic E-state index is 13.2. The number of hydrogen-bond donors (Lipinski definition) is 1. The summed E-state index contributed by atoms with van der Waals surface area (Å²) >= 11 is 0. The van der Waals surface area contributed by atoms with Gasteiger partial charge in [0.25, 0.3) is 5.56 Å². The fourth-order valence-electron chi connectivity index (χ4n) is 4.13. The average Bonchev–Trinajstić information content (AvgIpc) is 2.68. The zero-order valence-corrected chi connectivity index (χ0v) is 21.2. The van der Waals surface area contributed by atoms with Gasteiger partial charge >= 0.3 is 0 Å². The Morgan fingerprint density at radius 3 is 2.53 bits per heavy atom. The molecule has 0 saturated heterocycles. The molecular weight excluding hydrogens is 420 g/mol. The van der Waals surface area contributed by atoms with Crippen LogP contribution in [0.4, 0.5) is 0 Å². The van der Waals surface area contributed by atoms with Crippen molar-refractivity contribution >= 4 is 9.04 Å². The number of benzene rings is 1. The smallest absolute Gasteiger partial charge is 0.251 e. The maximum atomic E-state index is 13.2. The molecule has 1 N–H and O–H groups in total. The van der Waals surface area contributed by atoms with E-state index in [2.05, 4.69) is 39.9 Å². The highest BCUT2D eigenvalue weighted by Crippen LogP contribution is 2.41. The first kappa shape index (κ1) is 24.2. The molecule has 0 amide bonds. The minimum atomic E-state index is -1.24. The van der Waals surface area contributed by atoms with E-state index in [0.29, 0.717) is 23.3 Å². The topological polar surface area (TPSA) is 84.5 Å². The van der Waals surface area contributed by atoms with Gasteiger partial charge in [-0.3, -0.25) is 4.79 Å². The van der Waals surface area contributed by atoms with Crippen LogP contribution < -0.4 is 10.3 Å². The van der Waals surface area contributed by atoms with E-state index in [-0.39, 0.29) is 17.1 Å². The van der Waals surface area contributed by atoms with Gasteiger partial charge < -0.3 is 18.8 Å². The molecule has 1 aliphatic heterocycles. The van der Waals surface area contributed by atoms with Gasteiger partial charge in [0, 0.05) is 17.8 Å². The zero-order chi connectivity index (χ0) is 23.8. The van der Waals surface area contributed by atoms with Gasteiger partial charge in [0.1, 0.15) is 17.5 Å². The van der Waals surface area contributed by atoms with E-state index in [9.17, 15) is 15.2 Å². The van der Waals surface area contributed by atoms with Crippen molar-refractivity contribution in [3.63, 3.8) is 0 Å². The Bertz CT molecular complexity index is 1080. The molecule has 2 aromatic rings. The number of fused-ring (bicyclic) bond motifs is 1. The Balaban J connectivity index is 2.02. The van der Waals surface area contributed by atoms with E-state index >= 15 is 0 Å². The monoisotopic (exact) mass is 454 g/mol. The van der Waals surface area contributed by atoms with Crippen molar-refractivity contribution in [2.24, 2.45) is 5.41 Å². The third-order valence-corrected chi connectivity index (χ3v) is 6.85. The molecule has 1 aliphatic rings. The second-order valence-corrected chi connectivity index (χ2v) is 12.9. The minimum Gasteiger partial charge on any atom is -0.485 e. The molecule has 1 aromatic carbocycles. The molecule has 0 saturated carbocycles. The predicted molar refractivity (Wildman–Crippen MR) is 128 cm³/mol. The quantitative estimate of drug-likeness (QED) is 0.695. The fraction of sp³-hybridized carbons (Fsp3) is 0.520. The lowest BCUT2D eigenvalue weighted by Crippen LogP contribution is -2.52. The number of hydrogen-bond acceptors (Lipinski definition) is 5. The first-order valence-corrected chi connectivity index (χ1v) is 13.9. The zero-order valence-electron chi connectivity index (χ0n) is 20.0. The van der Waals surface area contributed by atoms with Crippen LogP contribution in [0.15, 0.2) is 41.3 Å². The van der Waals surface area contributed by atoms with Gasteiger partial charge in [-0.05, 0) is 68.6 Å². The van der Waals surface area contributed by atoms with Crippen LogP contribution in [0.3, 0.4) is 0 Å². The molecule has 32 heavy (non-hydrogen) atoms. The van der Waals surface area contributed by atoms with E-state index in [1.54, 1.807) is 48.9 Å². The molecule has 3 atom stereocenters. The lowest BCUT2D eigenvalue weighted by atomic mass is 9.85. The second-order valence-electron chi connectivity index (χ2n) is 10.5. The molecule has 0 spiro atoms. The molecule has 1 aromatic heterocycles. The molecule has 6 nitrogen and oxygen atoms in total. The number of aliphatic hydroxyl groups excluding tert-OH is 1. The van der Waals surface area contributed by atoms with Crippen LogP contribution in [0.5, 0.6) is 5.75 Å². The van der Waals surface area contributed by atoms with Gasteiger partial charge in [0.05, 0.1) is 23.8 Å². The van der Waals surface area contributed by atoms with Crippen LogP contribution in [0.1, 0.15) is 57.4 Å². The standard InChI is InChI=1S/C25H34N2O4Si/c1-24(2,3)20(31-32(6)7)13-16-10-11-27(21(28)14-16)22-18-12-17(15-26)8-9-19(18)30-25(4,5)23(22)29/h8-12,14,20,22-23,29,32H,13H2,1-7H3/t20?,22-,23+/m1/s1. The van der Waals surface area contributed by atoms with E-state index in [4.69, 9.17) is 9.16 Å². The number of nitriles is 1. The van der Waals surface area contributed by atoms with Gasteiger partial charge in [-0.1, -0.05) is 20.8 Å². The van der Waals surface area contributed by atoms with Crippen LogP contribution in [0.25, 0.3) is 0 Å². The number of pyridine rings is 1. The molecule has 0 fully saturated rings. The highest BCUT2D eigenvalue weighted by Gasteiger charge is 2.44. The van der Waals surface area contributed by atoms with E-state index < -0.39 is 26.8 Å². The average molecular weight is 455 g/mol. The lowest BCUT2D eigenvalue weighted by Gasteiger charge is -2.42. The molecule has 2 heterocycles. The van der Waals surface area contributed by atoms with Crippen molar-refractivity contribution in [3.8, 4) is 11.8 Å². The summed E-state index contributed by atoms with van der Waals surface area (Å²) in [7, 11) is -1.24. The third kappa shape index (κ3) is 4.98. The minimum absolute atomic E-state index is 0.0240. The van der Waals surface area contributed by atoms with Gasteiger partial charge in [-0.15, -0.1) is 0 Å². The molecule has 0 bridgehead atoms. The first-order valence-electron chi connectivity index (χ1n) is 11.1. The normalized spacial score (nSPS) is 20.9. The number of rotatable bonds is 5. The third-order valence-electron chi connectivity index (χ3n) is 5.98. The molecule has 1 unspecified atom stereocenters. The Kier molecular flexibility index (Phi) is 6.71. The summed E-state index contributed by atoms with van der Waals surface area (Å²) in [5, 5.41) is 20.5.